The SMILES string of the molecule is C[C@H]1Oc2ccccc2N=C1N(C)C. The van der Waals surface area contributed by atoms with E-state index in [4.69, 9.17) is 4.74 Å². The Balaban J connectivity index is 2.44. The van der Waals surface area contributed by atoms with E-state index < -0.39 is 0 Å². The van der Waals surface area contributed by atoms with E-state index in [9.17, 15) is 0 Å². The van der Waals surface area contributed by atoms with Crippen LogP contribution in [0.1, 0.15) is 6.92 Å². The fourth-order valence-corrected chi connectivity index (χ4v) is 1.57. The van der Waals surface area contributed by atoms with E-state index in [1.165, 1.54) is 0 Å². The number of hydrogen-bond donors (Lipinski definition) is 0. The lowest BCUT2D eigenvalue weighted by molar-refractivity contribution is 0.266. The third-order valence-electron chi connectivity index (χ3n) is 2.23. The molecule has 0 saturated heterocycles. The molecule has 0 amide bonds. The van der Waals surface area contributed by atoms with E-state index in [1.54, 1.807) is 0 Å². The highest BCUT2D eigenvalue weighted by atomic mass is 16.5. The van der Waals surface area contributed by atoms with Gasteiger partial charge < -0.3 is 9.64 Å². The molecule has 0 N–H and O–H groups in total. The molecule has 1 aliphatic heterocycles. The average molecular weight is 190 g/mol. The van der Waals surface area contributed by atoms with Crippen molar-refractivity contribution in [2.24, 2.45) is 4.99 Å². The van der Waals surface area contributed by atoms with Crippen molar-refractivity contribution in [2.75, 3.05) is 14.1 Å². The van der Waals surface area contributed by atoms with Crippen LogP contribution in [0.15, 0.2) is 29.3 Å². The number of fused-ring (bicyclic) bond motifs is 1. The normalized spacial score (nSPS) is 19.4. The molecular formula is C11H14N2O. The zero-order valence-corrected chi connectivity index (χ0v) is 8.69. The lowest BCUT2D eigenvalue weighted by atomic mass is 10.2. The molecule has 74 valence electrons. The average Bonchev–Trinajstić information content (AvgIpc) is 2.16. The van der Waals surface area contributed by atoms with Crippen LogP contribution < -0.4 is 4.74 Å². The number of amidine groups is 1. The van der Waals surface area contributed by atoms with Gasteiger partial charge in [0.2, 0.25) is 0 Å². The molecule has 3 nitrogen and oxygen atoms in total. The summed E-state index contributed by atoms with van der Waals surface area (Å²) in [5.41, 5.74) is 0.911. The number of ether oxygens (including phenoxy) is 1. The number of likely N-dealkylation sites (N-methyl/N-ethyl adjacent to an activating group) is 1. The molecule has 0 aliphatic carbocycles. The highest BCUT2D eigenvalue weighted by Gasteiger charge is 2.21. The minimum Gasteiger partial charge on any atom is -0.481 e. The maximum Gasteiger partial charge on any atom is 0.153 e. The monoisotopic (exact) mass is 190 g/mol. The van der Waals surface area contributed by atoms with Gasteiger partial charge in [0.15, 0.2) is 6.10 Å². The minimum absolute atomic E-state index is 0.0277. The lowest BCUT2D eigenvalue weighted by Gasteiger charge is -2.27. The van der Waals surface area contributed by atoms with Gasteiger partial charge in [-0.25, -0.2) is 4.99 Å². The van der Waals surface area contributed by atoms with Gasteiger partial charge in [0, 0.05) is 14.1 Å². The number of benzene rings is 1. The molecule has 0 spiro atoms. The van der Waals surface area contributed by atoms with Crippen molar-refractivity contribution >= 4 is 11.5 Å². The van der Waals surface area contributed by atoms with E-state index >= 15 is 0 Å². The Kier molecular flexibility index (Phi) is 2.15. The van der Waals surface area contributed by atoms with Crippen molar-refractivity contribution in [3.63, 3.8) is 0 Å². The van der Waals surface area contributed by atoms with Crippen molar-refractivity contribution < 1.29 is 4.74 Å². The van der Waals surface area contributed by atoms with Crippen LogP contribution in [0, 0.1) is 0 Å². The maximum absolute atomic E-state index is 5.73. The van der Waals surface area contributed by atoms with Crippen LogP contribution in [0.3, 0.4) is 0 Å². The largest absolute Gasteiger partial charge is 0.481 e. The second-order valence-corrected chi connectivity index (χ2v) is 3.59. The third kappa shape index (κ3) is 1.45. The minimum atomic E-state index is 0.0277. The van der Waals surface area contributed by atoms with Crippen LogP contribution in [0.5, 0.6) is 5.75 Å². The highest BCUT2D eigenvalue weighted by Crippen LogP contribution is 2.31. The summed E-state index contributed by atoms with van der Waals surface area (Å²) in [5.74, 6) is 1.83. The second-order valence-electron chi connectivity index (χ2n) is 3.59. The lowest BCUT2D eigenvalue weighted by Crippen LogP contribution is -2.37. The summed E-state index contributed by atoms with van der Waals surface area (Å²) in [6.45, 7) is 2.01. The Morgan fingerprint density at radius 2 is 2.00 bits per heavy atom. The van der Waals surface area contributed by atoms with Crippen molar-refractivity contribution in [3.05, 3.63) is 24.3 Å². The zero-order chi connectivity index (χ0) is 10.1. The molecule has 3 heteroatoms. The van der Waals surface area contributed by atoms with E-state index in [1.807, 2.05) is 50.2 Å². The number of para-hydroxylation sites is 2. The summed E-state index contributed by atoms with van der Waals surface area (Å²) in [6, 6.07) is 7.84. The molecule has 1 aliphatic rings. The number of aliphatic imine (C=N–C) groups is 1. The zero-order valence-electron chi connectivity index (χ0n) is 8.69. The van der Waals surface area contributed by atoms with Crippen molar-refractivity contribution in [3.8, 4) is 5.75 Å². The summed E-state index contributed by atoms with van der Waals surface area (Å²) < 4.78 is 5.73. The molecule has 0 fully saturated rings. The Morgan fingerprint density at radius 3 is 2.71 bits per heavy atom. The van der Waals surface area contributed by atoms with Gasteiger partial charge in [-0.05, 0) is 19.1 Å². The quantitative estimate of drug-likeness (QED) is 0.625. The summed E-state index contributed by atoms with van der Waals surface area (Å²) >= 11 is 0. The predicted octanol–water partition coefficient (Wildman–Crippen LogP) is 2.06. The standard InChI is InChI=1S/C11H14N2O/c1-8-11(13(2)3)12-9-6-4-5-7-10(9)14-8/h4-8H,1-3H3/t8-/m1/s1. The molecule has 0 saturated carbocycles. The third-order valence-corrected chi connectivity index (χ3v) is 2.23. The van der Waals surface area contributed by atoms with Gasteiger partial charge in [-0.3, -0.25) is 0 Å². The first-order valence-electron chi connectivity index (χ1n) is 4.70. The molecule has 0 unspecified atom stereocenters. The first-order chi connectivity index (χ1) is 6.68. The molecule has 14 heavy (non-hydrogen) atoms. The Hall–Kier alpha value is -1.51. The Morgan fingerprint density at radius 1 is 1.29 bits per heavy atom. The van der Waals surface area contributed by atoms with E-state index in [-0.39, 0.29) is 6.10 Å². The summed E-state index contributed by atoms with van der Waals surface area (Å²) in [4.78, 5) is 6.53. The highest BCUT2D eigenvalue weighted by molar-refractivity contribution is 5.90. The summed E-state index contributed by atoms with van der Waals surface area (Å²) in [6.07, 6.45) is 0.0277. The first kappa shape index (κ1) is 9.06. The first-order valence-corrected chi connectivity index (χ1v) is 4.70. The van der Waals surface area contributed by atoms with Crippen LogP contribution in [0.2, 0.25) is 0 Å². The second kappa shape index (κ2) is 3.33. The molecule has 1 aromatic carbocycles. The molecular weight excluding hydrogens is 176 g/mol. The molecule has 0 radical (unpaired) electrons. The molecule has 1 heterocycles. The van der Waals surface area contributed by atoms with Crippen molar-refractivity contribution in [2.45, 2.75) is 13.0 Å². The van der Waals surface area contributed by atoms with Crippen LogP contribution in [0.4, 0.5) is 5.69 Å². The van der Waals surface area contributed by atoms with Crippen LogP contribution in [-0.2, 0) is 0 Å². The van der Waals surface area contributed by atoms with Crippen molar-refractivity contribution in [1.82, 2.24) is 4.90 Å². The topological polar surface area (TPSA) is 24.8 Å². The smallest absolute Gasteiger partial charge is 0.153 e. The van der Waals surface area contributed by atoms with Gasteiger partial charge in [-0.15, -0.1) is 0 Å². The molecule has 0 bridgehead atoms. The molecule has 1 aromatic rings. The fourth-order valence-electron chi connectivity index (χ4n) is 1.57. The Bertz CT molecular complexity index is 371. The fraction of sp³-hybridized carbons (Fsp3) is 0.364. The van der Waals surface area contributed by atoms with E-state index in [2.05, 4.69) is 4.99 Å². The van der Waals surface area contributed by atoms with Gasteiger partial charge in [0.25, 0.3) is 0 Å². The van der Waals surface area contributed by atoms with Gasteiger partial charge in [0.1, 0.15) is 17.3 Å². The Labute approximate surface area is 84.0 Å². The van der Waals surface area contributed by atoms with Crippen molar-refractivity contribution in [1.29, 1.82) is 0 Å². The summed E-state index contributed by atoms with van der Waals surface area (Å²) in [7, 11) is 3.96. The van der Waals surface area contributed by atoms with Crippen LogP contribution in [0.25, 0.3) is 0 Å². The van der Waals surface area contributed by atoms with E-state index in [0.717, 1.165) is 17.3 Å². The molecule has 2 rings (SSSR count). The van der Waals surface area contributed by atoms with Crippen LogP contribution >= 0.6 is 0 Å². The molecule has 1 atom stereocenters. The van der Waals surface area contributed by atoms with Gasteiger partial charge in [-0.2, -0.15) is 0 Å². The number of nitrogens with zero attached hydrogens (tertiary/aromatic N) is 2. The van der Waals surface area contributed by atoms with Gasteiger partial charge >= 0.3 is 0 Å². The predicted molar refractivity (Wildman–Crippen MR) is 57.3 cm³/mol. The van der Waals surface area contributed by atoms with Gasteiger partial charge in [-0.1, -0.05) is 12.1 Å². The molecule has 0 aromatic heterocycles. The van der Waals surface area contributed by atoms with E-state index in [0.29, 0.717) is 0 Å². The van der Waals surface area contributed by atoms with Gasteiger partial charge in [0.05, 0.1) is 0 Å². The number of rotatable bonds is 0. The maximum atomic E-state index is 5.73. The number of hydrogen-bond acceptors (Lipinski definition) is 3. The van der Waals surface area contributed by atoms with Crippen LogP contribution in [-0.4, -0.2) is 30.9 Å². The summed E-state index contributed by atoms with van der Waals surface area (Å²) in [5, 5.41) is 0.